The molecule has 0 aromatic heterocycles. The summed E-state index contributed by atoms with van der Waals surface area (Å²) >= 11 is 0. The van der Waals surface area contributed by atoms with E-state index in [1.807, 2.05) is 0 Å². The van der Waals surface area contributed by atoms with Gasteiger partial charge in [-0.1, -0.05) is 13.3 Å². The number of ether oxygens (including phenoxy) is 1. The van der Waals surface area contributed by atoms with Gasteiger partial charge in [-0.25, -0.2) is 9.78 Å². The first-order valence-corrected chi connectivity index (χ1v) is 5.13. The molecule has 0 spiro atoms. The van der Waals surface area contributed by atoms with Crippen LogP contribution in [-0.4, -0.2) is 17.5 Å². The van der Waals surface area contributed by atoms with Crippen LogP contribution in [0, 0.1) is 0 Å². The molecule has 3 fully saturated rings. The first-order chi connectivity index (χ1) is 6.08. The Kier molecular flexibility index (Phi) is 2.13. The third-order valence-corrected chi connectivity index (χ3v) is 2.96. The fourth-order valence-corrected chi connectivity index (χ4v) is 2.26. The Balaban J connectivity index is 2.14. The molecule has 3 heterocycles. The van der Waals surface area contributed by atoms with E-state index in [1.54, 1.807) is 0 Å². The zero-order valence-corrected chi connectivity index (χ0v) is 8.63. The first kappa shape index (κ1) is 9.44. The Morgan fingerprint density at radius 3 is 2.62 bits per heavy atom. The second-order valence-corrected chi connectivity index (χ2v) is 4.57. The van der Waals surface area contributed by atoms with Crippen LogP contribution in [0.2, 0.25) is 0 Å². The van der Waals surface area contributed by atoms with Gasteiger partial charge in [0.25, 0.3) is 0 Å². The van der Waals surface area contributed by atoms with E-state index < -0.39 is 5.79 Å². The molecule has 0 aromatic carbocycles. The summed E-state index contributed by atoms with van der Waals surface area (Å²) in [5.74, 6) is -0.451. The summed E-state index contributed by atoms with van der Waals surface area (Å²) in [5, 5.41) is 0. The van der Waals surface area contributed by atoms with Crippen LogP contribution in [-0.2, 0) is 14.5 Å². The molecule has 76 valence electrons. The highest BCUT2D eigenvalue weighted by molar-refractivity contribution is 4.92. The summed E-state index contributed by atoms with van der Waals surface area (Å²) < 4.78 is 5.95. The molecule has 0 saturated carbocycles. The van der Waals surface area contributed by atoms with Crippen molar-refractivity contribution < 1.29 is 14.5 Å². The van der Waals surface area contributed by atoms with Gasteiger partial charge in [0, 0.05) is 12.8 Å². The molecule has 3 aliphatic rings. The fraction of sp³-hybridized carbons (Fsp3) is 1.00. The predicted molar refractivity (Wildman–Crippen MR) is 48.0 cm³/mol. The topological polar surface area (TPSA) is 27.7 Å². The van der Waals surface area contributed by atoms with Crippen molar-refractivity contribution >= 4 is 0 Å². The van der Waals surface area contributed by atoms with Gasteiger partial charge in [-0.2, -0.15) is 0 Å². The number of hydrogen-bond acceptors (Lipinski definition) is 3. The van der Waals surface area contributed by atoms with Crippen LogP contribution >= 0.6 is 0 Å². The van der Waals surface area contributed by atoms with Crippen molar-refractivity contribution in [3.8, 4) is 0 Å². The van der Waals surface area contributed by atoms with Crippen molar-refractivity contribution in [3.63, 3.8) is 0 Å². The summed E-state index contributed by atoms with van der Waals surface area (Å²) in [7, 11) is 0. The quantitative estimate of drug-likeness (QED) is 0.620. The van der Waals surface area contributed by atoms with Crippen LogP contribution in [0.25, 0.3) is 0 Å². The molecule has 0 radical (unpaired) electrons. The molecule has 0 amide bonds. The maximum absolute atomic E-state index is 5.95. The molecular formula is C10H18O3. The number of fused-ring (bicyclic) bond motifs is 3. The van der Waals surface area contributed by atoms with Gasteiger partial charge in [-0.3, -0.25) is 0 Å². The summed E-state index contributed by atoms with van der Waals surface area (Å²) in [6.07, 6.45) is 4.10. The van der Waals surface area contributed by atoms with E-state index in [9.17, 15) is 0 Å². The van der Waals surface area contributed by atoms with E-state index >= 15 is 0 Å². The van der Waals surface area contributed by atoms with Crippen molar-refractivity contribution in [2.24, 2.45) is 0 Å². The lowest BCUT2D eigenvalue weighted by atomic mass is 9.88. The van der Waals surface area contributed by atoms with Gasteiger partial charge in [0.15, 0.2) is 0 Å². The minimum atomic E-state index is -0.451. The monoisotopic (exact) mass is 186 g/mol. The summed E-state index contributed by atoms with van der Waals surface area (Å²) in [5.41, 5.74) is -0.189. The Bertz CT molecular complexity index is 187. The van der Waals surface area contributed by atoms with Crippen LogP contribution in [0.5, 0.6) is 0 Å². The highest BCUT2D eigenvalue weighted by Gasteiger charge is 2.53. The predicted octanol–water partition coefficient (Wildman–Crippen LogP) is 2.40. The minimum Gasteiger partial charge on any atom is -0.338 e. The molecule has 2 atom stereocenters. The standard InChI is InChI=1S/C10H18O3/c1-4-6-10-7-5-8(11-13-10)9(2,3)12-10/h8H,4-7H2,1-3H3/t8-,10-/m0/s1. The van der Waals surface area contributed by atoms with Gasteiger partial charge < -0.3 is 4.74 Å². The van der Waals surface area contributed by atoms with Crippen molar-refractivity contribution in [1.29, 1.82) is 0 Å². The summed E-state index contributed by atoms with van der Waals surface area (Å²) in [6, 6.07) is 0. The van der Waals surface area contributed by atoms with Crippen LogP contribution < -0.4 is 0 Å². The lowest BCUT2D eigenvalue weighted by molar-refractivity contribution is -0.543. The molecule has 3 nitrogen and oxygen atoms in total. The molecule has 3 heteroatoms. The van der Waals surface area contributed by atoms with Crippen LogP contribution in [0.1, 0.15) is 46.5 Å². The molecular weight excluding hydrogens is 168 g/mol. The molecule has 3 rings (SSSR count). The van der Waals surface area contributed by atoms with E-state index in [0.29, 0.717) is 0 Å². The van der Waals surface area contributed by atoms with Gasteiger partial charge in [0.05, 0.1) is 5.60 Å². The van der Waals surface area contributed by atoms with Crippen molar-refractivity contribution in [2.45, 2.75) is 63.9 Å². The zero-order valence-electron chi connectivity index (χ0n) is 8.63. The zero-order chi connectivity index (χ0) is 9.53. The van der Waals surface area contributed by atoms with Crippen LogP contribution in [0.4, 0.5) is 0 Å². The van der Waals surface area contributed by atoms with Crippen LogP contribution in [0.3, 0.4) is 0 Å². The minimum absolute atomic E-state index is 0.103. The van der Waals surface area contributed by atoms with E-state index in [4.69, 9.17) is 14.5 Å². The van der Waals surface area contributed by atoms with E-state index in [0.717, 1.165) is 25.7 Å². The average molecular weight is 186 g/mol. The SMILES string of the molecule is CCC[C@@]12CC[C@H](OO1)C(C)(C)O2. The van der Waals surface area contributed by atoms with Gasteiger partial charge in [0.2, 0.25) is 5.79 Å². The second kappa shape index (κ2) is 2.94. The molecule has 3 saturated heterocycles. The largest absolute Gasteiger partial charge is 0.338 e. The van der Waals surface area contributed by atoms with E-state index in [1.165, 1.54) is 0 Å². The molecule has 0 aromatic rings. The molecule has 0 aliphatic carbocycles. The van der Waals surface area contributed by atoms with E-state index in [-0.39, 0.29) is 11.7 Å². The maximum atomic E-state index is 5.95. The second-order valence-electron chi connectivity index (χ2n) is 4.57. The van der Waals surface area contributed by atoms with Crippen molar-refractivity contribution in [2.75, 3.05) is 0 Å². The smallest absolute Gasteiger partial charge is 0.202 e. The van der Waals surface area contributed by atoms with Gasteiger partial charge >= 0.3 is 0 Å². The molecule has 3 aliphatic heterocycles. The third kappa shape index (κ3) is 1.49. The number of rotatable bonds is 2. The Labute approximate surface area is 79.3 Å². The average Bonchev–Trinajstić information content (AvgIpc) is 2.03. The van der Waals surface area contributed by atoms with Gasteiger partial charge in [0.1, 0.15) is 6.10 Å². The van der Waals surface area contributed by atoms with Crippen LogP contribution in [0.15, 0.2) is 0 Å². The van der Waals surface area contributed by atoms with Crippen molar-refractivity contribution in [3.05, 3.63) is 0 Å². The third-order valence-electron chi connectivity index (χ3n) is 2.96. The highest BCUT2D eigenvalue weighted by Crippen LogP contribution is 2.45. The lowest BCUT2D eigenvalue weighted by Gasteiger charge is -2.52. The molecule has 2 bridgehead atoms. The lowest BCUT2D eigenvalue weighted by Crippen LogP contribution is -2.60. The number of hydrogen-bond donors (Lipinski definition) is 0. The summed E-state index contributed by atoms with van der Waals surface area (Å²) in [4.78, 5) is 10.6. The normalized spacial score (nSPS) is 42.2. The Hall–Kier alpha value is -0.120. The molecule has 0 unspecified atom stereocenters. The Morgan fingerprint density at radius 2 is 2.15 bits per heavy atom. The molecule has 0 N–H and O–H groups in total. The van der Waals surface area contributed by atoms with Gasteiger partial charge in [-0.15, -0.1) is 0 Å². The van der Waals surface area contributed by atoms with Gasteiger partial charge in [-0.05, 0) is 20.3 Å². The van der Waals surface area contributed by atoms with E-state index in [2.05, 4.69) is 20.8 Å². The summed E-state index contributed by atoms with van der Waals surface area (Å²) in [6.45, 7) is 6.28. The fourth-order valence-electron chi connectivity index (χ4n) is 2.26. The Morgan fingerprint density at radius 1 is 1.38 bits per heavy atom. The maximum Gasteiger partial charge on any atom is 0.202 e. The molecule has 13 heavy (non-hydrogen) atoms. The highest BCUT2D eigenvalue weighted by atomic mass is 17.2. The first-order valence-electron chi connectivity index (χ1n) is 5.13. The van der Waals surface area contributed by atoms with Crippen molar-refractivity contribution in [1.82, 2.24) is 0 Å².